The van der Waals surface area contributed by atoms with Gasteiger partial charge in [0.25, 0.3) is 0 Å². The molecule has 2 rings (SSSR count). The molecule has 1 saturated carbocycles. The molecule has 0 heterocycles. The van der Waals surface area contributed by atoms with Crippen molar-refractivity contribution in [1.29, 1.82) is 0 Å². The van der Waals surface area contributed by atoms with Gasteiger partial charge in [-0.15, -0.1) is 0 Å². The lowest BCUT2D eigenvalue weighted by atomic mass is 10.2. The Balaban J connectivity index is 2.03. The fourth-order valence-corrected chi connectivity index (χ4v) is 2.76. The van der Waals surface area contributed by atoms with Crippen molar-refractivity contribution in [2.45, 2.75) is 45.1 Å². The molecule has 1 N–H and O–H groups in total. The van der Waals surface area contributed by atoms with Crippen molar-refractivity contribution in [2.75, 3.05) is 11.4 Å². The average molecular weight is 328 g/mol. The maximum atomic E-state index is 13.8. The van der Waals surface area contributed by atoms with Crippen molar-refractivity contribution < 1.29 is 22.8 Å². The van der Waals surface area contributed by atoms with E-state index in [4.69, 9.17) is 0 Å². The van der Waals surface area contributed by atoms with Gasteiger partial charge < -0.3 is 10.2 Å². The summed E-state index contributed by atoms with van der Waals surface area (Å²) in [6.07, 6.45) is 3.98. The number of benzene rings is 1. The highest BCUT2D eigenvalue weighted by Crippen LogP contribution is 2.24. The Labute approximate surface area is 132 Å². The molecule has 1 aliphatic carbocycles. The number of hydrogen-bond donors (Lipinski definition) is 1. The first-order chi connectivity index (χ1) is 10.9. The first-order valence-corrected chi connectivity index (χ1v) is 7.61. The second kappa shape index (κ2) is 7.48. The Hall–Kier alpha value is -2.05. The summed E-state index contributed by atoms with van der Waals surface area (Å²) in [6, 6.07) is 1.89. The van der Waals surface area contributed by atoms with E-state index in [2.05, 4.69) is 5.32 Å². The van der Waals surface area contributed by atoms with Crippen LogP contribution in [0.1, 0.15) is 39.0 Å². The second-order valence-corrected chi connectivity index (χ2v) is 5.66. The van der Waals surface area contributed by atoms with Crippen molar-refractivity contribution in [3.05, 3.63) is 29.6 Å². The lowest BCUT2D eigenvalue weighted by Crippen LogP contribution is -2.37. The lowest BCUT2D eigenvalue weighted by molar-refractivity contribution is -0.121. The number of carbonyl (C=O) groups excluding carboxylic acids is 2. The molecule has 126 valence electrons. The average Bonchev–Trinajstić information content (AvgIpc) is 2.99. The zero-order valence-electron chi connectivity index (χ0n) is 12.9. The van der Waals surface area contributed by atoms with E-state index in [9.17, 15) is 22.8 Å². The van der Waals surface area contributed by atoms with Gasteiger partial charge in [-0.25, -0.2) is 13.2 Å². The van der Waals surface area contributed by atoms with Crippen LogP contribution >= 0.6 is 0 Å². The highest BCUT2D eigenvalue weighted by molar-refractivity contribution is 5.92. The molecule has 0 unspecified atom stereocenters. The molecule has 1 fully saturated rings. The maximum Gasteiger partial charge on any atom is 0.223 e. The van der Waals surface area contributed by atoms with Gasteiger partial charge in [-0.2, -0.15) is 0 Å². The molecule has 7 heteroatoms. The summed E-state index contributed by atoms with van der Waals surface area (Å²) >= 11 is 0. The Morgan fingerprint density at radius 2 is 1.83 bits per heavy atom. The number of hydrogen-bond acceptors (Lipinski definition) is 2. The minimum atomic E-state index is -1.64. The van der Waals surface area contributed by atoms with Crippen molar-refractivity contribution in [1.82, 2.24) is 5.32 Å². The smallest absolute Gasteiger partial charge is 0.223 e. The molecular formula is C16H19F3N2O2. The highest BCUT2D eigenvalue weighted by atomic mass is 19.2. The number of rotatable bonds is 5. The van der Waals surface area contributed by atoms with E-state index in [1.165, 1.54) is 6.92 Å². The molecule has 1 aromatic carbocycles. The summed E-state index contributed by atoms with van der Waals surface area (Å²) in [7, 11) is 0. The van der Waals surface area contributed by atoms with Crippen LogP contribution in [0.15, 0.2) is 12.1 Å². The second-order valence-electron chi connectivity index (χ2n) is 5.66. The number of anilines is 1. The van der Waals surface area contributed by atoms with Gasteiger partial charge >= 0.3 is 0 Å². The fourth-order valence-electron chi connectivity index (χ4n) is 2.76. The monoisotopic (exact) mass is 328 g/mol. The van der Waals surface area contributed by atoms with Crippen LogP contribution in [-0.4, -0.2) is 24.4 Å². The summed E-state index contributed by atoms with van der Waals surface area (Å²) in [5.41, 5.74) is -0.370. The van der Waals surface area contributed by atoms with Crippen LogP contribution in [0.2, 0.25) is 0 Å². The molecular weight excluding hydrogens is 309 g/mol. The minimum absolute atomic E-state index is 0.0332. The van der Waals surface area contributed by atoms with Crippen molar-refractivity contribution in [3.8, 4) is 0 Å². The van der Waals surface area contributed by atoms with Crippen molar-refractivity contribution in [2.24, 2.45) is 0 Å². The summed E-state index contributed by atoms with van der Waals surface area (Å²) < 4.78 is 40.1. The fraction of sp³-hybridized carbons (Fsp3) is 0.500. The summed E-state index contributed by atoms with van der Waals surface area (Å²) in [5.74, 6) is -5.19. The number of halogens is 3. The number of carbonyl (C=O) groups is 2. The van der Waals surface area contributed by atoms with Gasteiger partial charge in [0.15, 0.2) is 17.5 Å². The van der Waals surface area contributed by atoms with Gasteiger partial charge in [0.2, 0.25) is 11.8 Å². The Bertz CT molecular complexity index is 601. The van der Waals surface area contributed by atoms with E-state index in [1.807, 2.05) is 0 Å². The van der Waals surface area contributed by atoms with Crippen LogP contribution in [0.25, 0.3) is 0 Å². The molecule has 4 nitrogen and oxygen atoms in total. The Morgan fingerprint density at radius 3 is 2.43 bits per heavy atom. The van der Waals surface area contributed by atoms with Crippen molar-refractivity contribution >= 4 is 17.5 Å². The molecule has 0 atom stereocenters. The molecule has 23 heavy (non-hydrogen) atoms. The maximum absolute atomic E-state index is 13.8. The normalized spacial score (nSPS) is 14.8. The van der Waals surface area contributed by atoms with Crippen LogP contribution in [0, 0.1) is 17.5 Å². The van der Waals surface area contributed by atoms with E-state index >= 15 is 0 Å². The quantitative estimate of drug-likeness (QED) is 0.845. The third-order valence-corrected chi connectivity index (χ3v) is 3.97. The highest BCUT2D eigenvalue weighted by Gasteiger charge is 2.22. The predicted molar refractivity (Wildman–Crippen MR) is 79.4 cm³/mol. The molecule has 1 aliphatic rings. The van der Waals surface area contributed by atoms with Crippen LogP contribution < -0.4 is 10.2 Å². The van der Waals surface area contributed by atoms with E-state index in [-0.39, 0.29) is 30.6 Å². The van der Waals surface area contributed by atoms with Gasteiger partial charge in [0, 0.05) is 25.9 Å². The van der Waals surface area contributed by atoms with E-state index < -0.39 is 23.4 Å². The molecule has 0 radical (unpaired) electrons. The molecule has 0 spiro atoms. The van der Waals surface area contributed by atoms with Gasteiger partial charge in [0.05, 0.1) is 5.69 Å². The zero-order chi connectivity index (χ0) is 17.0. The van der Waals surface area contributed by atoms with Crippen LogP contribution in [0.5, 0.6) is 0 Å². The van der Waals surface area contributed by atoms with Gasteiger partial charge in [-0.05, 0) is 25.0 Å². The van der Waals surface area contributed by atoms with Crippen LogP contribution in [0.4, 0.5) is 18.9 Å². The minimum Gasteiger partial charge on any atom is -0.353 e. The summed E-state index contributed by atoms with van der Waals surface area (Å²) in [5, 5.41) is 2.85. The molecule has 0 aliphatic heterocycles. The Morgan fingerprint density at radius 1 is 1.17 bits per heavy atom. The molecule has 1 aromatic rings. The number of nitrogens with zero attached hydrogens (tertiary/aromatic N) is 1. The molecule has 0 bridgehead atoms. The zero-order valence-corrected chi connectivity index (χ0v) is 12.9. The number of amides is 2. The third-order valence-electron chi connectivity index (χ3n) is 3.97. The first kappa shape index (κ1) is 17.3. The van der Waals surface area contributed by atoms with Gasteiger partial charge in [-0.1, -0.05) is 12.8 Å². The van der Waals surface area contributed by atoms with Gasteiger partial charge in [-0.3, -0.25) is 9.59 Å². The largest absolute Gasteiger partial charge is 0.353 e. The molecule has 0 saturated heterocycles. The Kier molecular flexibility index (Phi) is 5.63. The predicted octanol–water partition coefficient (Wildman–Crippen LogP) is 2.91. The number of nitrogens with one attached hydrogen (secondary N) is 1. The van der Waals surface area contributed by atoms with Crippen LogP contribution in [-0.2, 0) is 9.59 Å². The third kappa shape index (κ3) is 4.24. The molecule has 2 amide bonds. The van der Waals surface area contributed by atoms with Crippen molar-refractivity contribution in [3.63, 3.8) is 0 Å². The topological polar surface area (TPSA) is 49.4 Å². The standard InChI is InChI=1S/C16H19F3N2O2/c1-10(22)21(13-7-6-12(17)15(18)16(13)19)9-8-14(23)20-11-4-2-3-5-11/h6-7,11H,2-5,8-9H2,1H3,(H,20,23). The SMILES string of the molecule is CC(=O)N(CCC(=O)NC1CCCC1)c1ccc(F)c(F)c1F. The van der Waals surface area contributed by atoms with Gasteiger partial charge in [0.1, 0.15) is 0 Å². The summed E-state index contributed by atoms with van der Waals surface area (Å²) in [6.45, 7) is 1.07. The van der Waals surface area contributed by atoms with Crippen LogP contribution in [0.3, 0.4) is 0 Å². The van der Waals surface area contributed by atoms with E-state index in [0.29, 0.717) is 0 Å². The lowest BCUT2D eigenvalue weighted by Gasteiger charge is -2.22. The van der Waals surface area contributed by atoms with E-state index in [1.54, 1.807) is 0 Å². The van der Waals surface area contributed by atoms with E-state index in [0.717, 1.165) is 42.7 Å². The summed E-state index contributed by atoms with van der Waals surface area (Å²) in [4.78, 5) is 24.5. The first-order valence-electron chi connectivity index (χ1n) is 7.61. The molecule has 0 aromatic heterocycles.